The van der Waals surface area contributed by atoms with Gasteiger partial charge in [-0.15, -0.1) is 0 Å². The van der Waals surface area contributed by atoms with Crippen molar-refractivity contribution in [2.24, 2.45) is 11.8 Å². The summed E-state index contributed by atoms with van der Waals surface area (Å²) in [7, 11) is 1.97. The van der Waals surface area contributed by atoms with Gasteiger partial charge in [0.2, 0.25) is 5.91 Å². The average molecular weight is 405 g/mol. The highest BCUT2D eigenvalue weighted by molar-refractivity contribution is 6.31. The molecular formula is C23H33ClN2O2. The van der Waals surface area contributed by atoms with Gasteiger partial charge in [0.25, 0.3) is 0 Å². The Morgan fingerprint density at radius 3 is 2.57 bits per heavy atom. The van der Waals surface area contributed by atoms with Crippen LogP contribution in [0, 0.1) is 11.8 Å². The van der Waals surface area contributed by atoms with Crippen LogP contribution in [0.3, 0.4) is 0 Å². The zero-order valence-electron chi connectivity index (χ0n) is 17.0. The van der Waals surface area contributed by atoms with Crippen molar-refractivity contribution in [3.05, 3.63) is 28.8 Å². The highest BCUT2D eigenvalue weighted by Gasteiger charge is 2.34. The lowest BCUT2D eigenvalue weighted by Gasteiger charge is -2.38. The van der Waals surface area contributed by atoms with Crippen molar-refractivity contribution >= 4 is 17.5 Å². The molecule has 0 bridgehead atoms. The summed E-state index contributed by atoms with van der Waals surface area (Å²) in [5.74, 6) is 2.06. The number of benzene rings is 1. The minimum absolute atomic E-state index is 0.250. The Kier molecular flexibility index (Phi) is 6.47. The van der Waals surface area contributed by atoms with Gasteiger partial charge < -0.3 is 9.64 Å². The van der Waals surface area contributed by atoms with Gasteiger partial charge in [0, 0.05) is 31.1 Å². The summed E-state index contributed by atoms with van der Waals surface area (Å²) in [5, 5.41) is 0.808. The van der Waals surface area contributed by atoms with Crippen LogP contribution in [-0.4, -0.2) is 48.5 Å². The molecule has 0 spiro atoms. The molecule has 2 aliphatic carbocycles. The van der Waals surface area contributed by atoms with Gasteiger partial charge in [0.15, 0.2) is 0 Å². The van der Waals surface area contributed by atoms with Crippen molar-refractivity contribution in [2.45, 2.75) is 64.0 Å². The van der Waals surface area contributed by atoms with E-state index < -0.39 is 0 Å². The van der Waals surface area contributed by atoms with Crippen LogP contribution in [-0.2, 0) is 11.3 Å². The maximum atomic E-state index is 12.5. The first-order valence-corrected chi connectivity index (χ1v) is 11.4. The maximum absolute atomic E-state index is 12.5. The number of amides is 1. The minimum Gasteiger partial charge on any atom is -0.490 e. The Labute approximate surface area is 174 Å². The predicted molar refractivity (Wildman–Crippen MR) is 113 cm³/mol. The van der Waals surface area contributed by atoms with Crippen LogP contribution in [0.5, 0.6) is 5.75 Å². The highest BCUT2D eigenvalue weighted by atomic mass is 35.5. The van der Waals surface area contributed by atoms with Gasteiger partial charge in [-0.3, -0.25) is 9.69 Å². The molecule has 0 aromatic heterocycles. The molecule has 3 fully saturated rings. The Balaban J connectivity index is 1.21. The van der Waals surface area contributed by atoms with Crippen molar-refractivity contribution in [2.75, 3.05) is 26.7 Å². The molecule has 0 atom stereocenters. The minimum atomic E-state index is 0.250. The Hall–Kier alpha value is -1.26. The van der Waals surface area contributed by atoms with Gasteiger partial charge >= 0.3 is 0 Å². The molecule has 4 rings (SSSR count). The van der Waals surface area contributed by atoms with E-state index in [1.54, 1.807) is 0 Å². The fraction of sp³-hybridized carbons (Fsp3) is 0.696. The highest BCUT2D eigenvalue weighted by Crippen LogP contribution is 2.34. The van der Waals surface area contributed by atoms with Crippen LogP contribution >= 0.6 is 11.6 Å². The summed E-state index contributed by atoms with van der Waals surface area (Å²) in [6, 6.07) is 6.14. The van der Waals surface area contributed by atoms with Crippen molar-refractivity contribution in [1.29, 1.82) is 0 Å². The van der Waals surface area contributed by atoms with Crippen LogP contribution in [0.1, 0.15) is 56.9 Å². The van der Waals surface area contributed by atoms with Crippen LogP contribution < -0.4 is 4.74 Å². The molecule has 0 unspecified atom stereocenters. The standard InChI is InChI=1S/C23H33ClN2O2/c1-25(23(27)18-6-2-3-7-18)15-17-12-21(13-17)28-20-9-8-19(22(24)14-20)16-26-10-4-5-11-26/h8-9,14,17-18,21H,2-7,10-13,15-16H2,1H3. The lowest BCUT2D eigenvalue weighted by molar-refractivity contribution is -0.135. The van der Waals surface area contributed by atoms with Crippen LogP contribution in [0.4, 0.5) is 0 Å². The molecule has 1 aromatic rings. The molecule has 3 aliphatic rings. The number of halogens is 1. The molecule has 154 valence electrons. The zero-order chi connectivity index (χ0) is 19.5. The van der Waals surface area contributed by atoms with Crippen molar-refractivity contribution in [1.82, 2.24) is 9.80 Å². The van der Waals surface area contributed by atoms with E-state index in [4.69, 9.17) is 16.3 Å². The molecule has 2 saturated carbocycles. The third-order valence-corrected chi connectivity index (χ3v) is 7.08. The van der Waals surface area contributed by atoms with E-state index in [1.165, 1.54) is 44.3 Å². The van der Waals surface area contributed by atoms with Crippen LogP contribution in [0.25, 0.3) is 0 Å². The van der Waals surface area contributed by atoms with E-state index in [9.17, 15) is 4.79 Å². The number of likely N-dealkylation sites (tertiary alicyclic amines) is 1. The molecule has 0 radical (unpaired) electrons. The first-order chi connectivity index (χ1) is 13.6. The summed E-state index contributed by atoms with van der Waals surface area (Å²) in [6.45, 7) is 4.15. The van der Waals surface area contributed by atoms with E-state index in [1.807, 2.05) is 18.0 Å². The second-order valence-electron chi connectivity index (χ2n) is 9.01. The van der Waals surface area contributed by atoms with Crippen molar-refractivity contribution < 1.29 is 9.53 Å². The third kappa shape index (κ3) is 4.83. The molecule has 4 nitrogen and oxygen atoms in total. The quantitative estimate of drug-likeness (QED) is 0.657. The van der Waals surface area contributed by atoms with E-state index in [0.29, 0.717) is 11.8 Å². The smallest absolute Gasteiger partial charge is 0.225 e. The monoisotopic (exact) mass is 404 g/mol. The molecule has 1 saturated heterocycles. The van der Waals surface area contributed by atoms with Crippen LogP contribution in [0.15, 0.2) is 18.2 Å². The largest absolute Gasteiger partial charge is 0.490 e. The lowest BCUT2D eigenvalue weighted by Crippen LogP contribution is -2.43. The number of rotatable bonds is 7. The first kappa shape index (κ1) is 20.0. The van der Waals surface area contributed by atoms with Crippen molar-refractivity contribution in [3.8, 4) is 5.75 Å². The number of ether oxygens (including phenoxy) is 1. The molecule has 1 aromatic carbocycles. The number of hydrogen-bond donors (Lipinski definition) is 0. The normalized spacial score (nSPS) is 25.6. The van der Waals surface area contributed by atoms with E-state index in [-0.39, 0.29) is 12.0 Å². The summed E-state index contributed by atoms with van der Waals surface area (Å²) in [4.78, 5) is 16.9. The van der Waals surface area contributed by atoms with Crippen molar-refractivity contribution in [3.63, 3.8) is 0 Å². The van der Waals surface area contributed by atoms with E-state index in [2.05, 4.69) is 17.0 Å². The van der Waals surface area contributed by atoms with Gasteiger partial charge in [-0.2, -0.15) is 0 Å². The predicted octanol–water partition coefficient (Wildman–Crippen LogP) is 4.74. The van der Waals surface area contributed by atoms with Gasteiger partial charge in [-0.1, -0.05) is 30.5 Å². The van der Waals surface area contributed by atoms with Gasteiger partial charge in [-0.25, -0.2) is 0 Å². The molecule has 1 aliphatic heterocycles. The van der Waals surface area contributed by atoms with Gasteiger partial charge in [-0.05, 0) is 75.2 Å². The zero-order valence-corrected chi connectivity index (χ0v) is 17.8. The van der Waals surface area contributed by atoms with Gasteiger partial charge in [0.05, 0.1) is 6.10 Å². The molecule has 0 N–H and O–H groups in total. The Morgan fingerprint density at radius 1 is 1.18 bits per heavy atom. The summed E-state index contributed by atoms with van der Waals surface area (Å²) in [6.07, 6.45) is 9.46. The molecule has 1 heterocycles. The fourth-order valence-corrected chi connectivity index (χ4v) is 5.22. The molecule has 28 heavy (non-hydrogen) atoms. The molecular weight excluding hydrogens is 372 g/mol. The number of hydrogen-bond acceptors (Lipinski definition) is 3. The summed E-state index contributed by atoms with van der Waals surface area (Å²) in [5.41, 5.74) is 1.19. The topological polar surface area (TPSA) is 32.8 Å². The van der Waals surface area contributed by atoms with Crippen LogP contribution in [0.2, 0.25) is 5.02 Å². The summed E-state index contributed by atoms with van der Waals surface area (Å²) >= 11 is 6.50. The molecule has 1 amide bonds. The summed E-state index contributed by atoms with van der Waals surface area (Å²) < 4.78 is 6.13. The second kappa shape index (κ2) is 9.04. The Bertz CT molecular complexity index is 677. The van der Waals surface area contributed by atoms with E-state index >= 15 is 0 Å². The number of carbonyl (C=O) groups excluding carboxylic acids is 1. The number of nitrogens with zero attached hydrogens (tertiary/aromatic N) is 2. The fourth-order valence-electron chi connectivity index (χ4n) is 4.99. The van der Waals surface area contributed by atoms with Gasteiger partial charge in [0.1, 0.15) is 5.75 Å². The third-order valence-electron chi connectivity index (χ3n) is 6.73. The number of carbonyl (C=O) groups is 1. The first-order valence-electron chi connectivity index (χ1n) is 11.0. The average Bonchev–Trinajstić information content (AvgIpc) is 3.35. The lowest BCUT2D eigenvalue weighted by atomic mass is 9.81. The van der Waals surface area contributed by atoms with E-state index in [0.717, 1.165) is 49.5 Å². The maximum Gasteiger partial charge on any atom is 0.225 e. The Morgan fingerprint density at radius 2 is 1.89 bits per heavy atom. The second-order valence-corrected chi connectivity index (χ2v) is 9.42. The SMILES string of the molecule is CN(CC1CC(Oc2ccc(CN3CCCC3)c(Cl)c2)C1)C(=O)C1CCCC1. The molecule has 5 heteroatoms.